The number of piperidine rings is 1. The van der Waals surface area contributed by atoms with Gasteiger partial charge in [-0.1, -0.05) is 12.1 Å². The first kappa shape index (κ1) is 18.7. The summed E-state index contributed by atoms with van der Waals surface area (Å²) in [5.41, 5.74) is 0.827. The van der Waals surface area contributed by atoms with E-state index in [1.165, 1.54) is 16.4 Å². The highest BCUT2D eigenvalue weighted by molar-refractivity contribution is 7.89. The van der Waals surface area contributed by atoms with E-state index in [4.69, 9.17) is 0 Å². The lowest BCUT2D eigenvalue weighted by molar-refractivity contribution is 0.228. The highest BCUT2D eigenvalue weighted by Gasteiger charge is 2.27. The molecular weight excluding hydrogens is 333 g/mol. The van der Waals surface area contributed by atoms with Gasteiger partial charge in [0.2, 0.25) is 10.0 Å². The van der Waals surface area contributed by atoms with E-state index in [2.05, 4.69) is 10.6 Å². The first-order valence-corrected chi connectivity index (χ1v) is 9.78. The minimum absolute atomic E-state index is 0.0255. The summed E-state index contributed by atoms with van der Waals surface area (Å²) in [6, 6.07) is 5.99. The summed E-state index contributed by atoms with van der Waals surface area (Å²) >= 11 is 0. The zero-order valence-corrected chi connectivity index (χ0v) is 14.6. The largest absolute Gasteiger partial charge is 0.338 e. The summed E-state index contributed by atoms with van der Waals surface area (Å²) < 4.78 is 38.1. The van der Waals surface area contributed by atoms with Crippen LogP contribution < -0.4 is 10.6 Å². The van der Waals surface area contributed by atoms with Crippen LogP contribution in [0.15, 0.2) is 24.3 Å². The maximum absolute atomic E-state index is 13.1. The van der Waals surface area contributed by atoms with Gasteiger partial charge in [-0.15, -0.1) is 0 Å². The van der Waals surface area contributed by atoms with Crippen LogP contribution in [0.5, 0.6) is 0 Å². The fourth-order valence-corrected chi connectivity index (χ4v) is 3.84. The van der Waals surface area contributed by atoms with Crippen molar-refractivity contribution in [1.29, 1.82) is 0 Å². The van der Waals surface area contributed by atoms with Crippen LogP contribution in [0.25, 0.3) is 0 Å². The highest BCUT2D eigenvalue weighted by atomic mass is 32.2. The van der Waals surface area contributed by atoms with E-state index in [0.717, 1.165) is 5.56 Å². The molecule has 0 bridgehead atoms. The van der Waals surface area contributed by atoms with Crippen LogP contribution in [-0.2, 0) is 16.4 Å². The first-order chi connectivity index (χ1) is 11.4. The smallest absolute Gasteiger partial charge is 0.315 e. The Labute approximate surface area is 142 Å². The zero-order chi connectivity index (χ0) is 17.6. The van der Waals surface area contributed by atoms with Crippen LogP contribution in [0.4, 0.5) is 9.18 Å². The number of urea groups is 1. The van der Waals surface area contributed by atoms with Crippen LogP contribution in [0, 0.1) is 5.82 Å². The van der Waals surface area contributed by atoms with Crippen molar-refractivity contribution in [3.05, 3.63) is 35.6 Å². The van der Waals surface area contributed by atoms with Crippen LogP contribution >= 0.6 is 0 Å². The lowest BCUT2D eigenvalue weighted by Crippen LogP contribution is -2.49. The molecule has 0 saturated carbocycles. The molecule has 2 N–H and O–H groups in total. The Bertz CT molecular complexity index is 658. The van der Waals surface area contributed by atoms with Gasteiger partial charge in [0.25, 0.3) is 0 Å². The quantitative estimate of drug-likeness (QED) is 0.809. The molecule has 2 amide bonds. The molecule has 1 aliphatic rings. The van der Waals surface area contributed by atoms with Gasteiger partial charge in [-0.3, -0.25) is 0 Å². The van der Waals surface area contributed by atoms with Crippen molar-refractivity contribution in [2.24, 2.45) is 0 Å². The van der Waals surface area contributed by atoms with Gasteiger partial charge >= 0.3 is 6.03 Å². The average molecular weight is 357 g/mol. The fraction of sp³-hybridized carbons (Fsp3) is 0.562. The van der Waals surface area contributed by atoms with Crippen molar-refractivity contribution in [2.45, 2.75) is 32.2 Å². The van der Waals surface area contributed by atoms with E-state index in [-0.39, 0.29) is 23.6 Å². The Hall–Kier alpha value is -1.67. The number of hydrogen-bond donors (Lipinski definition) is 2. The number of carbonyl (C=O) groups excluding carboxylic acids is 1. The molecule has 0 aliphatic carbocycles. The molecule has 1 heterocycles. The minimum atomic E-state index is -3.15. The van der Waals surface area contributed by atoms with Crippen molar-refractivity contribution in [3.63, 3.8) is 0 Å². The number of carbonyl (C=O) groups is 1. The minimum Gasteiger partial charge on any atom is -0.338 e. The van der Waals surface area contributed by atoms with Gasteiger partial charge < -0.3 is 10.6 Å². The molecule has 0 aromatic heterocycles. The van der Waals surface area contributed by atoms with Gasteiger partial charge in [-0.05, 0) is 43.9 Å². The lowest BCUT2D eigenvalue weighted by atomic mass is 10.1. The summed E-state index contributed by atoms with van der Waals surface area (Å²) in [5.74, 6) is -0.184. The Morgan fingerprint density at radius 1 is 1.33 bits per heavy atom. The first-order valence-electron chi connectivity index (χ1n) is 8.17. The maximum atomic E-state index is 13.1. The van der Waals surface area contributed by atoms with E-state index < -0.39 is 10.0 Å². The van der Waals surface area contributed by atoms with Gasteiger partial charge in [-0.25, -0.2) is 21.9 Å². The molecule has 24 heavy (non-hydrogen) atoms. The predicted molar refractivity (Wildman–Crippen MR) is 90.7 cm³/mol. The average Bonchev–Trinajstić information content (AvgIpc) is 2.55. The number of sulfonamides is 1. The van der Waals surface area contributed by atoms with Crippen molar-refractivity contribution in [2.75, 3.05) is 25.4 Å². The third-order valence-electron chi connectivity index (χ3n) is 4.14. The monoisotopic (exact) mass is 357 g/mol. The zero-order valence-electron chi connectivity index (χ0n) is 13.8. The summed E-state index contributed by atoms with van der Waals surface area (Å²) in [4.78, 5) is 11.9. The van der Waals surface area contributed by atoms with Gasteiger partial charge in [0.1, 0.15) is 5.82 Å². The SMILES string of the molecule is CCS(=O)(=O)N1CCC(NC(=O)NCCc2cccc(F)c2)CC1. The normalized spacial score (nSPS) is 16.8. The number of hydrogen-bond acceptors (Lipinski definition) is 3. The predicted octanol–water partition coefficient (Wildman–Crippen LogP) is 1.48. The Morgan fingerprint density at radius 2 is 2.04 bits per heavy atom. The van der Waals surface area contributed by atoms with Crippen LogP contribution in [0.1, 0.15) is 25.3 Å². The summed E-state index contributed by atoms with van der Waals surface area (Å²) in [7, 11) is -3.15. The van der Waals surface area contributed by atoms with E-state index in [0.29, 0.717) is 38.9 Å². The van der Waals surface area contributed by atoms with Gasteiger partial charge in [0.05, 0.1) is 5.75 Å². The van der Waals surface area contributed by atoms with Crippen molar-refractivity contribution in [3.8, 4) is 0 Å². The number of nitrogens with one attached hydrogen (secondary N) is 2. The van der Waals surface area contributed by atoms with Gasteiger partial charge in [-0.2, -0.15) is 0 Å². The molecular formula is C16H24FN3O3S. The fourth-order valence-electron chi connectivity index (χ4n) is 2.71. The van der Waals surface area contributed by atoms with Crippen LogP contribution in [0.3, 0.4) is 0 Å². The molecule has 0 spiro atoms. The number of nitrogens with zero attached hydrogens (tertiary/aromatic N) is 1. The van der Waals surface area contributed by atoms with Crippen LogP contribution in [-0.4, -0.2) is 50.2 Å². The topological polar surface area (TPSA) is 78.5 Å². The molecule has 1 aromatic carbocycles. The molecule has 6 nitrogen and oxygen atoms in total. The van der Waals surface area contributed by atoms with E-state index in [1.54, 1.807) is 13.0 Å². The third kappa shape index (κ3) is 5.45. The molecule has 2 rings (SSSR count). The Morgan fingerprint density at radius 3 is 2.67 bits per heavy atom. The Balaban J connectivity index is 1.68. The molecule has 0 unspecified atom stereocenters. The molecule has 8 heteroatoms. The van der Waals surface area contributed by atoms with E-state index >= 15 is 0 Å². The van der Waals surface area contributed by atoms with E-state index in [9.17, 15) is 17.6 Å². The van der Waals surface area contributed by atoms with Crippen molar-refractivity contribution < 1.29 is 17.6 Å². The molecule has 0 radical (unpaired) electrons. The molecule has 0 atom stereocenters. The summed E-state index contributed by atoms with van der Waals surface area (Å²) in [5, 5.41) is 5.61. The Kier molecular flexibility index (Phi) is 6.56. The molecule has 1 aromatic rings. The van der Waals surface area contributed by atoms with Gasteiger partial charge in [0.15, 0.2) is 0 Å². The van der Waals surface area contributed by atoms with E-state index in [1.807, 2.05) is 6.07 Å². The summed E-state index contributed by atoms with van der Waals surface area (Å²) in [6.07, 6.45) is 1.77. The number of halogens is 1. The standard InChI is InChI=1S/C16H24FN3O3S/c1-2-24(22,23)20-10-7-15(8-11-20)19-16(21)18-9-6-13-4-3-5-14(17)12-13/h3-5,12,15H,2,6-11H2,1H3,(H2,18,19,21). The number of amides is 2. The second kappa shape index (κ2) is 8.43. The molecule has 1 fully saturated rings. The lowest BCUT2D eigenvalue weighted by Gasteiger charge is -2.31. The molecule has 1 aliphatic heterocycles. The number of benzene rings is 1. The maximum Gasteiger partial charge on any atom is 0.315 e. The van der Waals surface area contributed by atoms with Crippen molar-refractivity contribution in [1.82, 2.24) is 14.9 Å². The number of rotatable bonds is 6. The molecule has 1 saturated heterocycles. The summed E-state index contributed by atoms with van der Waals surface area (Å²) in [6.45, 7) is 2.92. The second-order valence-corrected chi connectivity index (χ2v) is 8.11. The highest BCUT2D eigenvalue weighted by Crippen LogP contribution is 2.14. The molecule has 134 valence electrons. The third-order valence-corrected chi connectivity index (χ3v) is 6.02. The van der Waals surface area contributed by atoms with Crippen LogP contribution in [0.2, 0.25) is 0 Å². The van der Waals surface area contributed by atoms with Gasteiger partial charge in [0, 0.05) is 25.7 Å². The van der Waals surface area contributed by atoms with Crippen molar-refractivity contribution >= 4 is 16.1 Å². The second-order valence-electron chi connectivity index (χ2n) is 5.85.